The van der Waals surface area contributed by atoms with Crippen molar-refractivity contribution in [1.82, 2.24) is 9.47 Å². The van der Waals surface area contributed by atoms with E-state index in [1.165, 1.54) is 0 Å². The van der Waals surface area contributed by atoms with Crippen LogP contribution in [0.3, 0.4) is 0 Å². The number of carbonyl (C=O) groups is 2. The average Bonchev–Trinajstić information content (AvgIpc) is 3.31. The van der Waals surface area contributed by atoms with E-state index >= 15 is 0 Å². The van der Waals surface area contributed by atoms with Gasteiger partial charge in [-0.2, -0.15) is 0 Å². The lowest BCUT2D eigenvalue weighted by Gasteiger charge is -2.31. The normalized spacial score (nSPS) is 14.7. The number of benzene rings is 1. The third-order valence-electron chi connectivity index (χ3n) is 5.68. The second-order valence-electron chi connectivity index (χ2n) is 7.58. The zero-order valence-electron chi connectivity index (χ0n) is 17.6. The Bertz CT molecular complexity index is 1080. The number of fused-ring (bicyclic) bond motifs is 1. The van der Waals surface area contributed by atoms with Crippen molar-refractivity contribution >= 4 is 49.4 Å². The van der Waals surface area contributed by atoms with Gasteiger partial charge in [-0.25, -0.2) is 0 Å². The summed E-state index contributed by atoms with van der Waals surface area (Å²) in [6, 6.07) is 11.9. The number of thiophene rings is 1. The van der Waals surface area contributed by atoms with Crippen molar-refractivity contribution in [3.8, 4) is 5.75 Å². The van der Waals surface area contributed by atoms with E-state index in [0.29, 0.717) is 44.8 Å². The molecule has 0 N–H and O–H groups in total. The minimum Gasteiger partial charge on any atom is -0.497 e. The molecule has 6 nitrogen and oxygen atoms in total. The summed E-state index contributed by atoms with van der Waals surface area (Å²) in [5.74, 6) is 0.549. The van der Waals surface area contributed by atoms with Gasteiger partial charge in [-0.3, -0.25) is 9.59 Å². The quantitative estimate of drug-likeness (QED) is 0.446. The number of likely N-dealkylation sites (tertiary alicyclic amines) is 1. The summed E-state index contributed by atoms with van der Waals surface area (Å²) in [4.78, 5) is 27.3. The molecule has 0 saturated carbocycles. The Morgan fingerprint density at radius 3 is 2.52 bits per heavy atom. The lowest BCUT2D eigenvalue weighted by atomic mass is 9.97. The summed E-state index contributed by atoms with van der Waals surface area (Å²) < 4.78 is 14.6. The molecule has 31 heavy (non-hydrogen) atoms. The van der Waals surface area contributed by atoms with Gasteiger partial charge in [0.15, 0.2) is 0 Å². The Balaban J connectivity index is 1.57. The summed E-state index contributed by atoms with van der Waals surface area (Å²) in [6.45, 7) is 3.93. The van der Waals surface area contributed by atoms with Gasteiger partial charge >= 0.3 is 5.97 Å². The molecule has 1 aliphatic heterocycles. The Hall–Kier alpha value is -2.32. The van der Waals surface area contributed by atoms with Crippen LogP contribution in [0, 0.1) is 5.92 Å². The monoisotopic (exact) mass is 504 g/mol. The lowest BCUT2D eigenvalue weighted by molar-refractivity contribution is -0.149. The van der Waals surface area contributed by atoms with Crippen LogP contribution < -0.4 is 4.74 Å². The maximum absolute atomic E-state index is 13.4. The molecule has 4 rings (SSSR count). The SMILES string of the molecule is CCOC(=O)C1CCN(C(=O)c2cc3sc(Br)cc3n2Cc2ccc(OC)cc2)CC1. The smallest absolute Gasteiger partial charge is 0.309 e. The Labute approximate surface area is 193 Å². The first-order valence-corrected chi connectivity index (χ1v) is 12.0. The molecule has 0 aliphatic carbocycles. The molecule has 8 heteroatoms. The average molecular weight is 505 g/mol. The fourth-order valence-corrected chi connectivity index (χ4v) is 5.58. The largest absolute Gasteiger partial charge is 0.497 e. The first-order valence-electron chi connectivity index (χ1n) is 10.4. The predicted octanol–water partition coefficient (Wildman–Crippen LogP) is 4.94. The molecule has 1 aliphatic rings. The number of piperidine rings is 1. The van der Waals surface area contributed by atoms with Crippen LogP contribution in [0.4, 0.5) is 0 Å². The van der Waals surface area contributed by atoms with E-state index < -0.39 is 0 Å². The lowest BCUT2D eigenvalue weighted by Crippen LogP contribution is -2.41. The number of nitrogens with zero attached hydrogens (tertiary/aromatic N) is 2. The molecule has 1 aromatic carbocycles. The van der Waals surface area contributed by atoms with Gasteiger partial charge in [0.1, 0.15) is 11.4 Å². The Morgan fingerprint density at radius 1 is 1.16 bits per heavy atom. The number of aromatic nitrogens is 1. The highest BCUT2D eigenvalue weighted by Gasteiger charge is 2.30. The van der Waals surface area contributed by atoms with Gasteiger partial charge in [0.25, 0.3) is 5.91 Å². The van der Waals surface area contributed by atoms with E-state index in [4.69, 9.17) is 9.47 Å². The van der Waals surface area contributed by atoms with Crippen LogP contribution in [0.25, 0.3) is 10.2 Å². The third kappa shape index (κ3) is 4.65. The van der Waals surface area contributed by atoms with Crippen LogP contribution in [0.1, 0.15) is 35.8 Å². The molecule has 1 fully saturated rings. The van der Waals surface area contributed by atoms with Crippen molar-refractivity contribution in [2.24, 2.45) is 5.92 Å². The second-order valence-corrected chi connectivity index (χ2v) is 10.0. The van der Waals surface area contributed by atoms with Gasteiger partial charge in [-0.1, -0.05) is 12.1 Å². The fraction of sp³-hybridized carbons (Fsp3) is 0.391. The summed E-state index contributed by atoms with van der Waals surface area (Å²) >= 11 is 5.18. The minimum absolute atomic E-state index is 0.00958. The summed E-state index contributed by atoms with van der Waals surface area (Å²) in [7, 11) is 1.65. The van der Waals surface area contributed by atoms with Gasteiger partial charge in [0.05, 0.1) is 33.6 Å². The van der Waals surface area contributed by atoms with Gasteiger partial charge in [0.2, 0.25) is 0 Å². The maximum atomic E-state index is 13.4. The summed E-state index contributed by atoms with van der Waals surface area (Å²) in [6.07, 6.45) is 1.29. The zero-order chi connectivity index (χ0) is 22.0. The molecule has 1 saturated heterocycles. The topological polar surface area (TPSA) is 60.8 Å². The van der Waals surface area contributed by atoms with E-state index in [2.05, 4.69) is 26.6 Å². The molecular weight excluding hydrogens is 480 g/mol. The molecule has 0 bridgehead atoms. The molecule has 3 heterocycles. The second kappa shape index (κ2) is 9.44. The highest BCUT2D eigenvalue weighted by molar-refractivity contribution is 9.11. The Kier molecular flexibility index (Phi) is 6.67. The minimum atomic E-state index is -0.150. The Morgan fingerprint density at radius 2 is 1.87 bits per heavy atom. The summed E-state index contributed by atoms with van der Waals surface area (Å²) in [5.41, 5.74) is 2.81. The number of esters is 1. The number of methoxy groups -OCH3 is 1. The molecule has 3 aromatic rings. The number of hydrogen-bond acceptors (Lipinski definition) is 5. The molecule has 0 unspecified atom stereocenters. The van der Waals surface area contributed by atoms with Crippen LogP contribution in [0.2, 0.25) is 0 Å². The van der Waals surface area contributed by atoms with Crippen molar-refractivity contribution < 1.29 is 19.1 Å². The number of carbonyl (C=O) groups excluding carboxylic acids is 2. The van der Waals surface area contributed by atoms with E-state index in [1.54, 1.807) is 18.4 Å². The van der Waals surface area contributed by atoms with Crippen molar-refractivity contribution in [3.63, 3.8) is 0 Å². The van der Waals surface area contributed by atoms with E-state index in [1.807, 2.05) is 42.2 Å². The third-order valence-corrected chi connectivity index (χ3v) is 7.25. The molecule has 0 radical (unpaired) electrons. The van der Waals surface area contributed by atoms with Crippen molar-refractivity contribution in [3.05, 3.63) is 51.4 Å². The molecule has 0 spiro atoms. The van der Waals surface area contributed by atoms with Crippen LogP contribution in [0.5, 0.6) is 5.75 Å². The highest BCUT2D eigenvalue weighted by Crippen LogP contribution is 2.34. The molecule has 0 atom stereocenters. The van der Waals surface area contributed by atoms with Gasteiger partial charge in [0, 0.05) is 19.6 Å². The van der Waals surface area contributed by atoms with E-state index in [0.717, 1.165) is 25.3 Å². The number of halogens is 1. The van der Waals surface area contributed by atoms with Crippen LogP contribution >= 0.6 is 27.3 Å². The fourth-order valence-electron chi connectivity index (χ4n) is 4.01. The zero-order valence-corrected chi connectivity index (χ0v) is 20.0. The van der Waals surface area contributed by atoms with Crippen molar-refractivity contribution in [2.45, 2.75) is 26.3 Å². The van der Waals surface area contributed by atoms with Crippen molar-refractivity contribution in [2.75, 3.05) is 26.8 Å². The van der Waals surface area contributed by atoms with Crippen molar-refractivity contribution in [1.29, 1.82) is 0 Å². The standard InChI is InChI=1S/C23H25BrN2O4S/c1-3-30-23(28)16-8-10-25(11-9-16)22(27)19-12-20-18(13-21(24)31-20)26(19)14-15-4-6-17(29-2)7-5-15/h4-7,12-13,16H,3,8-11,14H2,1-2H3. The first kappa shape index (κ1) is 21.9. The molecule has 164 valence electrons. The maximum Gasteiger partial charge on any atom is 0.309 e. The summed E-state index contributed by atoms with van der Waals surface area (Å²) in [5, 5.41) is 0. The van der Waals surface area contributed by atoms with Crippen LogP contribution in [0.15, 0.2) is 40.2 Å². The number of hydrogen-bond donors (Lipinski definition) is 0. The number of amides is 1. The predicted molar refractivity (Wildman–Crippen MR) is 125 cm³/mol. The van der Waals surface area contributed by atoms with E-state index in [9.17, 15) is 9.59 Å². The van der Waals surface area contributed by atoms with E-state index in [-0.39, 0.29) is 17.8 Å². The molecular formula is C23H25BrN2O4S. The van der Waals surface area contributed by atoms with Crippen LogP contribution in [-0.2, 0) is 16.1 Å². The number of rotatable bonds is 6. The van der Waals surface area contributed by atoms with Gasteiger partial charge in [-0.15, -0.1) is 11.3 Å². The first-order chi connectivity index (χ1) is 15.0. The molecule has 2 aromatic heterocycles. The highest BCUT2D eigenvalue weighted by atomic mass is 79.9. The van der Waals surface area contributed by atoms with Gasteiger partial charge < -0.3 is 18.9 Å². The van der Waals surface area contributed by atoms with Crippen LogP contribution in [-0.4, -0.2) is 48.1 Å². The van der Waals surface area contributed by atoms with Gasteiger partial charge in [-0.05, 0) is 65.5 Å². The number of ether oxygens (including phenoxy) is 2. The molecule has 1 amide bonds.